The maximum atomic E-state index is 12.9. The lowest BCUT2D eigenvalue weighted by Crippen LogP contribution is -2.44. The Bertz CT molecular complexity index is 2270. The van der Waals surface area contributed by atoms with E-state index in [0.29, 0.717) is 17.4 Å². The van der Waals surface area contributed by atoms with Gasteiger partial charge in [0.1, 0.15) is 13.2 Å². The summed E-state index contributed by atoms with van der Waals surface area (Å²) in [5.74, 6) is -2.34. The fraction of sp³-hybridized carbons (Fsp3) is 0.593. The molecule has 0 saturated carbocycles. The Morgan fingerprint density at radius 1 is 0.316 bits per heavy atom. The molecule has 95 heavy (non-hydrogen) atoms. The molecule has 0 aromatic heterocycles. The van der Waals surface area contributed by atoms with E-state index in [0.717, 1.165) is 141 Å². The van der Waals surface area contributed by atoms with E-state index in [1.165, 1.54) is 96.3 Å². The largest absolute Gasteiger partial charge is 0.545 e. The Balaban J connectivity index is 4.21. The summed E-state index contributed by atoms with van der Waals surface area (Å²) in [4.78, 5) is 37.6. The molecule has 0 aromatic rings. The van der Waals surface area contributed by atoms with E-state index in [4.69, 9.17) is 18.9 Å². The van der Waals surface area contributed by atoms with Crippen LogP contribution < -0.4 is 5.11 Å². The van der Waals surface area contributed by atoms with Crippen LogP contribution in [0, 0.1) is 0 Å². The van der Waals surface area contributed by atoms with E-state index in [1.807, 2.05) is 21.1 Å². The van der Waals surface area contributed by atoms with Crippen LogP contribution in [0.1, 0.15) is 271 Å². The standard InChI is InChI=1S/C86H137NO8/c1-6-8-10-12-14-16-18-20-22-24-26-28-30-32-34-36-38-40-41-42-43-45-47-49-51-53-55-57-59-61-63-65-67-69-71-73-75-77-84(89)95-82(81-94-86(85(90)91)92-79-78-87(3,4)5)80-93-83(88)76-74-72-70-68-66-64-62-60-58-56-54-52-50-48-46-44-39-37-35-33-31-29-27-25-23-21-19-17-15-13-11-9-7-2/h8-11,14-17,20-23,26-29,32-35,38,40,42-43,47,49,53,55,59,61,65,67,82,86H,6-7,12-13,18-19,24-25,30-31,36-37,39,41,44-46,48,50-52,54,56-58,60,62-64,66,68-81H2,1-5H3/b10-8-,11-9-,16-14-,17-15-,22-20-,23-21-,28-26-,29-27-,34-32-,35-33-,40-38-,43-42-,49-47-,55-53-,61-59-,67-65-. The Hall–Kier alpha value is -5.87. The number of carboxylic acid groups (broad SMARTS) is 1. The summed E-state index contributed by atoms with van der Waals surface area (Å²) >= 11 is 0. The number of aliphatic carboxylic acids is 1. The van der Waals surface area contributed by atoms with Crippen molar-refractivity contribution in [2.45, 2.75) is 283 Å². The van der Waals surface area contributed by atoms with Crippen LogP contribution in [0.4, 0.5) is 0 Å². The van der Waals surface area contributed by atoms with E-state index < -0.39 is 24.3 Å². The maximum absolute atomic E-state index is 12.9. The van der Waals surface area contributed by atoms with Crippen molar-refractivity contribution >= 4 is 17.9 Å². The smallest absolute Gasteiger partial charge is 0.306 e. The molecule has 9 heteroatoms. The van der Waals surface area contributed by atoms with Crippen LogP contribution in [0.15, 0.2) is 194 Å². The molecule has 0 saturated heterocycles. The molecule has 534 valence electrons. The highest BCUT2D eigenvalue weighted by atomic mass is 16.7. The lowest BCUT2D eigenvalue weighted by Gasteiger charge is -2.26. The number of likely N-dealkylation sites (N-methyl/N-ethyl adjacent to an activating group) is 1. The molecule has 0 aromatic carbocycles. The van der Waals surface area contributed by atoms with Crippen LogP contribution in [-0.4, -0.2) is 82.3 Å². The van der Waals surface area contributed by atoms with Crippen molar-refractivity contribution in [2.24, 2.45) is 0 Å². The molecule has 0 N–H and O–H groups in total. The monoisotopic (exact) mass is 1310 g/mol. The van der Waals surface area contributed by atoms with E-state index >= 15 is 0 Å². The zero-order chi connectivity index (χ0) is 69.0. The minimum atomic E-state index is -1.64. The van der Waals surface area contributed by atoms with Gasteiger partial charge in [0, 0.05) is 12.8 Å². The summed E-state index contributed by atoms with van der Waals surface area (Å²) in [5, 5.41) is 11.8. The third kappa shape index (κ3) is 75.4. The zero-order valence-corrected chi connectivity index (χ0v) is 61.0. The summed E-state index contributed by atoms with van der Waals surface area (Å²) in [6.45, 7) is 4.47. The molecule has 2 atom stereocenters. The summed E-state index contributed by atoms with van der Waals surface area (Å²) in [7, 11) is 5.91. The predicted molar refractivity (Wildman–Crippen MR) is 407 cm³/mol. The SMILES string of the molecule is CC/C=C\C/C=C\C/C=C\C/C=C\C/C=C\C/C=C\C/C=C\C/C=C\C/C=C\C/C=C\C/C=C\CCCCCC(=O)OC(COC(=O)CCCCCCCCCCCCCCCCCCC/C=C\C/C=C\C/C=C\C/C=C\C/C=C\CC)COC(OCC[N+](C)(C)C)C(=O)[O-]. The number of unbranched alkanes of at least 4 members (excludes halogenated alkanes) is 20. The summed E-state index contributed by atoms with van der Waals surface area (Å²) in [6.07, 6.45) is 111. The fourth-order valence-electron chi connectivity index (χ4n) is 9.69. The highest BCUT2D eigenvalue weighted by molar-refractivity contribution is 5.70. The molecular formula is C86H137NO8. The minimum Gasteiger partial charge on any atom is -0.545 e. The molecule has 2 unspecified atom stereocenters. The number of carboxylic acids is 1. The highest BCUT2D eigenvalue weighted by Crippen LogP contribution is 2.16. The second-order valence-electron chi connectivity index (χ2n) is 25.5. The Morgan fingerprint density at radius 3 is 0.853 bits per heavy atom. The van der Waals surface area contributed by atoms with Crippen molar-refractivity contribution in [3.8, 4) is 0 Å². The van der Waals surface area contributed by atoms with Gasteiger partial charge in [0.05, 0.1) is 40.3 Å². The van der Waals surface area contributed by atoms with Crippen molar-refractivity contribution in [1.82, 2.24) is 0 Å². The van der Waals surface area contributed by atoms with E-state index in [-0.39, 0.29) is 38.6 Å². The molecule has 0 rings (SSSR count). The van der Waals surface area contributed by atoms with E-state index in [9.17, 15) is 19.5 Å². The van der Waals surface area contributed by atoms with Gasteiger partial charge in [0.25, 0.3) is 0 Å². The molecule has 0 radical (unpaired) electrons. The number of esters is 2. The van der Waals surface area contributed by atoms with Crippen LogP contribution in [-0.2, 0) is 33.3 Å². The van der Waals surface area contributed by atoms with Gasteiger partial charge in [0.15, 0.2) is 12.4 Å². The highest BCUT2D eigenvalue weighted by Gasteiger charge is 2.22. The molecule has 0 heterocycles. The van der Waals surface area contributed by atoms with Crippen LogP contribution in [0.5, 0.6) is 0 Å². The Labute approximate surface area is 582 Å². The first-order valence-corrected chi connectivity index (χ1v) is 37.6. The maximum Gasteiger partial charge on any atom is 0.306 e. The molecule has 0 amide bonds. The normalized spacial score (nSPS) is 13.8. The first-order chi connectivity index (χ1) is 46.6. The molecule has 9 nitrogen and oxygen atoms in total. The fourth-order valence-corrected chi connectivity index (χ4v) is 9.69. The number of rotatable bonds is 67. The van der Waals surface area contributed by atoms with Crippen LogP contribution in [0.3, 0.4) is 0 Å². The number of quaternary nitrogens is 1. The van der Waals surface area contributed by atoms with Crippen LogP contribution in [0.25, 0.3) is 0 Å². The summed E-state index contributed by atoms with van der Waals surface area (Å²) in [5.41, 5.74) is 0. The first-order valence-electron chi connectivity index (χ1n) is 37.6. The van der Waals surface area contributed by atoms with Gasteiger partial charge in [-0.15, -0.1) is 0 Å². The number of nitrogens with zero attached hydrogens (tertiary/aromatic N) is 1. The zero-order valence-electron chi connectivity index (χ0n) is 61.0. The Kier molecular flexibility index (Phi) is 69.4. The van der Waals surface area contributed by atoms with E-state index in [2.05, 4.69) is 208 Å². The predicted octanol–water partition coefficient (Wildman–Crippen LogP) is 22.8. The summed E-state index contributed by atoms with van der Waals surface area (Å²) in [6, 6.07) is 0. The second kappa shape index (κ2) is 73.9. The number of hydrogen-bond acceptors (Lipinski definition) is 8. The summed E-state index contributed by atoms with van der Waals surface area (Å²) < 4.78 is 22.8. The van der Waals surface area contributed by atoms with Gasteiger partial charge in [-0.1, -0.05) is 311 Å². The number of allylic oxidation sites excluding steroid dienone is 32. The van der Waals surface area contributed by atoms with Gasteiger partial charge in [-0.2, -0.15) is 0 Å². The molecule has 0 spiro atoms. The molecule has 0 fully saturated rings. The second-order valence-corrected chi connectivity index (χ2v) is 25.5. The van der Waals surface area contributed by atoms with Gasteiger partial charge in [-0.25, -0.2) is 0 Å². The lowest BCUT2D eigenvalue weighted by atomic mass is 10.0. The third-order valence-electron chi connectivity index (χ3n) is 15.3. The molecular weight excluding hydrogens is 1170 g/mol. The quantitative estimate of drug-likeness (QED) is 0.0195. The van der Waals surface area contributed by atoms with E-state index in [1.54, 1.807) is 0 Å². The van der Waals surface area contributed by atoms with Crippen molar-refractivity contribution in [1.29, 1.82) is 0 Å². The number of carbonyl (C=O) groups is 3. The van der Waals surface area contributed by atoms with Gasteiger partial charge < -0.3 is 33.3 Å². The molecule has 0 aliphatic rings. The molecule has 0 aliphatic heterocycles. The van der Waals surface area contributed by atoms with Gasteiger partial charge >= 0.3 is 11.9 Å². The minimum absolute atomic E-state index is 0.131. The van der Waals surface area contributed by atoms with Crippen molar-refractivity contribution < 1.29 is 42.9 Å². The molecule has 0 bridgehead atoms. The average Bonchev–Trinajstić information content (AvgIpc) is 3.75. The number of carbonyl (C=O) groups excluding carboxylic acids is 3. The topological polar surface area (TPSA) is 111 Å². The van der Waals surface area contributed by atoms with Crippen molar-refractivity contribution in [3.63, 3.8) is 0 Å². The van der Waals surface area contributed by atoms with Crippen molar-refractivity contribution in [3.05, 3.63) is 194 Å². The van der Waals surface area contributed by atoms with Crippen LogP contribution in [0.2, 0.25) is 0 Å². The number of ether oxygens (including phenoxy) is 4. The van der Waals surface area contributed by atoms with Gasteiger partial charge in [-0.3, -0.25) is 9.59 Å². The Morgan fingerprint density at radius 2 is 0.568 bits per heavy atom. The van der Waals surface area contributed by atoms with Gasteiger partial charge in [-0.05, 0) is 141 Å². The first kappa shape index (κ1) is 89.1. The molecule has 0 aliphatic carbocycles. The van der Waals surface area contributed by atoms with Crippen molar-refractivity contribution in [2.75, 3.05) is 47.5 Å². The number of hydrogen-bond donors (Lipinski definition) is 0. The third-order valence-corrected chi connectivity index (χ3v) is 15.3. The average molecular weight is 1310 g/mol. The van der Waals surface area contributed by atoms with Crippen LogP contribution >= 0.6 is 0 Å². The lowest BCUT2D eigenvalue weighted by molar-refractivity contribution is -0.870. The van der Waals surface area contributed by atoms with Gasteiger partial charge in [0.2, 0.25) is 0 Å².